The van der Waals surface area contributed by atoms with Crippen LogP contribution >= 0.6 is 11.3 Å². The largest absolute Gasteiger partial charge is 0.328 e. The van der Waals surface area contributed by atoms with Gasteiger partial charge in [0.15, 0.2) is 0 Å². The third kappa shape index (κ3) is 2.29. The number of hydrogen-bond donors (Lipinski definition) is 0. The van der Waals surface area contributed by atoms with Crippen LogP contribution in [0, 0.1) is 0 Å². The minimum absolute atomic E-state index is 0.0369. The normalized spacial score (nSPS) is 13.2. The number of carbonyl (C=O) groups excluding carboxylic acids is 1. The molecule has 0 N–H and O–H groups in total. The molecule has 4 rings (SSSR count). The minimum Gasteiger partial charge on any atom is -0.328 e. The minimum atomic E-state index is 0.0369. The molecule has 3 aromatic rings. The first kappa shape index (κ1) is 13.2. The zero-order chi connectivity index (χ0) is 14.9. The van der Waals surface area contributed by atoms with Crippen molar-refractivity contribution in [1.29, 1.82) is 0 Å². The Labute approximate surface area is 132 Å². The molecule has 1 amide bonds. The first-order chi connectivity index (χ1) is 10.8. The highest BCUT2D eigenvalue weighted by Gasteiger charge is 2.25. The second-order valence-corrected chi connectivity index (χ2v) is 6.03. The molecule has 3 heterocycles. The van der Waals surface area contributed by atoms with Gasteiger partial charge in [-0.25, -0.2) is 9.97 Å². The molecular formula is C17H13N3OS. The van der Waals surface area contributed by atoms with Crippen molar-refractivity contribution in [2.24, 2.45) is 0 Å². The maximum Gasteiger partial charge on any atom is 0.254 e. The third-order valence-corrected chi connectivity index (χ3v) is 4.54. The molecule has 4 nitrogen and oxygen atoms in total. The Hall–Kier alpha value is -2.53. The van der Waals surface area contributed by atoms with Gasteiger partial charge in [-0.2, -0.15) is 11.3 Å². The van der Waals surface area contributed by atoms with Crippen molar-refractivity contribution >= 4 is 17.2 Å². The number of hydrogen-bond acceptors (Lipinski definition) is 4. The Morgan fingerprint density at radius 1 is 1.09 bits per heavy atom. The SMILES string of the molecule is O=C(c1ccc(-c2ccsc2)cc1)N1Cc2cncnc2C1. The molecule has 22 heavy (non-hydrogen) atoms. The molecule has 0 spiro atoms. The van der Waals surface area contributed by atoms with E-state index in [2.05, 4.69) is 26.8 Å². The van der Waals surface area contributed by atoms with Crippen LogP contribution in [0.4, 0.5) is 0 Å². The van der Waals surface area contributed by atoms with E-state index >= 15 is 0 Å². The lowest BCUT2D eigenvalue weighted by Crippen LogP contribution is -2.25. The zero-order valence-corrected chi connectivity index (χ0v) is 12.6. The molecule has 1 aromatic carbocycles. The van der Waals surface area contributed by atoms with Crippen molar-refractivity contribution in [2.75, 3.05) is 0 Å². The zero-order valence-electron chi connectivity index (χ0n) is 11.8. The van der Waals surface area contributed by atoms with Gasteiger partial charge in [-0.1, -0.05) is 12.1 Å². The molecular weight excluding hydrogens is 294 g/mol. The first-order valence-electron chi connectivity index (χ1n) is 7.01. The Kier molecular flexibility index (Phi) is 3.20. The van der Waals surface area contributed by atoms with Crippen molar-refractivity contribution < 1.29 is 4.79 Å². The van der Waals surface area contributed by atoms with E-state index in [1.165, 1.54) is 11.9 Å². The average molecular weight is 307 g/mol. The van der Waals surface area contributed by atoms with Crippen LogP contribution in [0.3, 0.4) is 0 Å². The van der Waals surface area contributed by atoms with Gasteiger partial charge in [0.2, 0.25) is 0 Å². The lowest BCUT2D eigenvalue weighted by molar-refractivity contribution is 0.0750. The number of benzene rings is 1. The lowest BCUT2D eigenvalue weighted by Gasteiger charge is -2.15. The van der Waals surface area contributed by atoms with Crippen LogP contribution < -0.4 is 0 Å². The van der Waals surface area contributed by atoms with Crippen molar-refractivity contribution in [1.82, 2.24) is 14.9 Å². The molecule has 0 bridgehead atoms. The number of thiophene rings is 1. The Balaban J connectivity index is 1.54. The maximum absolute atomic E-state index is 12.6. The quantitative estimate of drug-likeness (QED) is 0.729. The molecule has 0 atom stereocenters. The predicted octanol–water partition coefficient (Wildman–Crippen LogP) is 3.36. The van der Waals surface area contributed by atoms with Crippen LogP contribution in [0.2, 0.25) is 0 Å². The number of nitrogens with zero attached hydrogens (tertiary/aromatic N) is 3. The van der Waals surface area contributed by atoms with E-state index in [1.54, 1.807) is 22.4 Å². The summed E-state index contributed by atoms with van der Waals surface area (Å²) in [6, 6.07) is 9.86. The van der Waals surface area contributed by atoms with Crippen LogP contribution in [0.5, 0.6) is 0 Å². The number of amides is 1. The van der Waals surface area contributed by atoms with E-state index in [0.29, 0.717) is 18.7 Å². The molecule has 0 fully saturated rings. The van der Waals surface area contributed by atoms with Crippen molar-refractivity contribution in [3.63, 3.8) is 0 Å². The number of fused-ring (bicyclic) bond motifs is 1. The summed E-state index contributed by atoms with van der Waals surface area (Å²) in [4.78, 5) is 22.6. The standard InChI is InChI=1S/C17H13N3OS/c21-17(20-8-15-7-18-11-19-16(15)9-20)13-3-1-12(2-4-13)14-5-6-22-10-14/h1-7,10-11H,8-9H2. The van der Waals surface area contributed by atoms with Gasteiger partial charge in [-0.15, -0.1) is 0 Å². The van der Waals surface area contributed by atoms with Crippen LogP contribution in [0.15, 0.2) is 53.6 Å². The van der Waals surface area contributed by atoms with Gasteiger partial charge in [0.1, 0.15) is 6.33 Å². The van der Waals surface area contributed by atoms with Gasteiger partial charge in [0.05, 0.1) is 12.2 Å². The number of rotatable bonds is 2. The summed E-state index contributed by atoms with van der Waals surface area (Å²) in [5.74, 6) is 0.0369. The molecule has 5 heteroatoms. The molecule has 0 saturated heterocycles. The molecule has 108 valence electrons. The van der Waals surface area contributed by atoms with E-state index < -0.39 is 0 Å². The highest BCUT2D eigenvalue weighted by Crippen LogP contribution is 2.25. The van der Waals surface area contributed by atoms with E-state index in [-0.39, 0.29) is 5.91 Å². The van der Waals surface area contributed by atoms with E-state index in [1.807, 2.05) is 24.3 Å². The summed E-state index contributed by atoms with van der Waals surface area (Å²) in [6.07, 6.45) is 3.32. The summed E-state index contributed by atoms with van der Waals surface area (Å²) in [5.41, 5.74) is 5.00. The summed E-state index contributed by atoms with van der Waals surface area (Å²) >= 11 is 1.67. The summed E-state index contributed by atoms with van der Waals surface area (Å²) in [6.45, 7) is 1.14. The number of aromatic nitrogens is 2. The van der Waals surface area contributed by atoms with Crippen LogP contribution in [-0.2, 0) is 13.1 Å². The first-order valence-corrected chi connectivity index (χ1v) is 7.95. The number of carbonyl (C=O) groups is 1. The third-order valence-electron chi connectivity index (χ3n) is 3.86. The van der Waals surface area contributed by atoms with Crippen LogP contribution in [0.25, 0.3) is 11.1 Å². The van der Waals surface area contributed by atoms with Gasteiger partial charge in [0.25, 0.3) is 5.91 Å². The van der Waals surface area contributed by atoms with Gasteiger partial charge in [0, 0.05) is 23.9 Å². The van der Waals surface area contributed by atoms with Crippen LogP contribution in [-0.4, -0.2) is 20.8 Å². The fraction of sp³-hybridized carbons (Fsp3) is 0.118. The van der Waals surface area contributed by atoms with E-state index in [9.17, 15) is 4.79 Å². The Morgan fingerprint density at radius 3 is 2.68 bits per heavy atom. The summed E-state index contributed by atoms with van der Waals surface area (Å²) in [5, 5.41) is 4.16. The topological polar surface area (TPSA) is 46.1 Å². The van der Waals surface area contributed by atoms with Gasteiger partial charge in [-0.05, 0) is 40.1 Å². The summed E-state index contributed by atoms with van der Waals surface area (Å²) in [7, 11) is 0. The highest BCUT2D eigenvalue weighted by molar-refractivity contribution is 7.08. The molecule has 0 aliphatic carbocycles. The van der Waals surface area contributed by atoms with Gasteiger partial charge in [-0.3, -0.25) is 4.79 Å². The van der Waals surface area contributed by atoms with E-state index in [0.717, 1.165) is 16.8 Å². The van der Waals surface area contributed by atoms with Gasteiger partial charge >= 0.3 is 0 Å². The molecule has 1 aliphatic rings. The van der Waals surface area contributed by atoms with Crippen molar-refractivity contribution in [3.8, 4) is 11.1 Å². The lowest BCUT2D eigenvalue weighted by atomic mass is 10.1. The Bertz CT molecular complexity index is 787. The molecule has 1 aliphatic heterocycles. The highest BCUT2D eigenvalue weighted by atomic mass is 32.1. The van der Waals surface area contributed by atoms with Crippen molar-refractivity contribution in [2.45, 2.75) is 13.1 Å². The molecule has 0 radical (unpaired) electrons. The van der Waals surface area contributed by atoms with E-state index in [4.69, 9.17) is 0 Å². The molecule has 0 unspecified atom stereocenters. The second-order valence-electron chi connectivity index (χ2n) is 5.25. The summed E-state index contributed by atoms with van der Waals surface area (Å²) < 4.78 is 0. The second kappa shape index (κ2) is 5.35. The molecule has 0 saturated carbocycles. The fourth-order valence-electron chi connectivity index (χ4n) is 2.66. The predicted molar refractivity (Wildman–Crippen MR) is 85.4 cm³/mol. The van der Waals surface area contributed by atoms with Gasteiger partial charge < -0.3 is 4.90 Å². The maximum atomic E-state index is 12.6. The smallest absolute Gasteiger partial charge is 0.254 e. The van der Waals surface area contributed by atoms with Crippen LogP contribution in [0.1, 0.15) is 21.6 Å². The monoisotopic (exact) mass is 307 g/mol. The molecule has 2 aromatic heterocycles. The average Bonchev–Trinajstić information content (AvgIpc) is 3.23. The van der Waals surface area contributed by atoms with Crippen molar-refractivity contribution in [3.05, 3.63) is 70.4 Å². The Morgan fingerprint density at radius 2 is 1.95 bits per heavy atom. The fourth-order valence-corrected chi connectivity index (χ4v) is 3.33.